The molecule has 0 fully saturated rings. The van der Waals surface area contributed by atoms with E-state index in [1.54, 1.807) is 13.0 Å². The van der Waals surface area contributed by atoms with Gasteiger partial charge in [-0.2, -0.15) is 0 Å². The van der Waals surface area contributed by atoms with Gasteiger partial charge in [-0.3, -0.25) is 0 Å². The normalized spacial score (nSPS) is 10.5. The highest BCUT2D eigenvalue weighted by molar-refractivity contribution is 9.10. The molecule has 1 aromatic carbocycles. The van der Waals surface area contributed by atoms with Crippen LogP contribution in [0.5, 0.6) is 0 Å². The largest absolute Gasteiger partial charge is 0.478 e. The third-order valence-corrected chi connectivity index (χ3v) is 3.29. The second-order valence-electron chi connectivity index (χ2n) is 3.84. The number of nitrogens with zero attached hydrogens (tertiary/aromatic N) is 2. The number of aromatic nitrogens is 2. The van der Waals surface area contributed by atoms with Crippen LogP contribution in [0.25, 0.3) is 11.4 Å². The third kappa shape index (κ3) is 2.78. The maximum absolute atomic E-state index is 13.3. The first kappa shape index (κ1) is 13.6. The van der Waals surface area contributed by atoms with Gasteiger partial charge in [-0.15, -0.1) is 0 Å². The van der Waals surface area contributed by atoms with E-state index in [0.29, 0.717) is 28.0 Å². The number of aryl methyl sites for hydroxylation is 1. The van der Waals surface area contributed by atoms with E-state index in [9.17, 15) is 9.18 Å². The quantitative estimate of drug-likeness (QED) is 0.940. The van der Waals surface area contributed by atoms with E-state index in [4.69, 9.17) is 5.11 Å². The minimum atomic E-state index is -1.07. The van der Waals surface area contributed by atoms with Gasteiger partial charge in [-0.25, -0.2) is 19.2 Å². The highest BCUT2D eigenvalue weighted by Crippen LogP contribution is 2.26. The van der Waals surface area contributed by atoms with Gasteiger partial charge in [0.15, 0.2) is 5.82 Å². The van der Waals surface area contributed by atoms with E-state index in [1.165, 1.54) is 18.3 Å². The standard InChI is InChI=1S/C13H10BrFN2O2/c1-2-11-9(13(18)19)6-16-12(17-11)8-5-7(15)3-4-10(8)14/h3-6H,2H2,1H3,(H,18,19). The molecule has 2 aromatic rings. The van der Waals surface area contributed by atoms with Gasteiger partial charge < -0.3 is 5.11 Å². The van der Waals surface area contributed by atoms with Crippen LogP contribution in [0.4, 0.5) is 4.39 Å². The number of carboxylic acids is 1. The van der Waals surface area contributed by atoms with Crippen molar-refractivity contribution in [2.45, 2.75) is 13.3 Å². The molecule has 0 amide bonds. The molecule has 0 saturated carbocycles. The lowest BCUT2D eigenvalue weighted by molar-refractivity contribution is 0.0694. The van der Waals surface area contributed by atoms with Crippen LogP contribution in [0.15, 0.2) is 28.9 Å². The van der Waals surface area contributed by atoms with Crippen LogP contribution < -0.4 is 0 Å². The fraction of sp³-hybridized carbons (Fsp3) is 0.154. The van der Waals surface area contributed by atoms with Crippen molar-refractivity contribution in [2.24, 2.45) is 0 Å². The Labute approximate surface area is 117 Å². The Morgan fingerprint density at radius 3 is 2.84 bits per heavy atom. The molecule has 0 aliphatic carbocycles. The van der Waals surface area contributed by atoms with Crippen LogP contribution in [0.2, 0.25) is 0 Å². The van der Waals surface area contributed by atoms with E-state index in [0.717, 1.165) is 0 Å². The second kappa shape index (κ2) is 5.44. The summed E-state index contributed by atoms with van der Waals surface area (Å²) in [5, 5.41) is 9.01. The Morgan fingerprint density at radius 2 is 2.21 bits per heavy atom. The van der Waals surface area contributed by atoms with Crippen molar-refractivity contribution in [1.82, 2.24) is 9.97 Å². The van der Waals surface area contributed by atoms with Crippen LogP contribution >= 0.6 is 15.9 Å². The fourth-order valence-electron chi connectivity index (χ4n) is 1.66. The van der Waals surface area contributed by atoms with Crippen molar-refractivity contribution < 1.29 is 14.3 Å². The van der Waals surface area contributed by atoms with Crippen molar-refractivity contribution in [3.63, 3.8) is 0 Å². The van der Waals surface area contributed by atoms with E-state index in [-0.39, 0.29) is 5.56 Å². The van der Waals surface area contributed by atoms with Crippen molar-refractivity contribution >= 4 is 21.9 Å². The number of carbonyl (C=O) groups is 1. The topological polar surface area (TPSA) is 63.1 Å². The molecule has 98 valence electrons. The summed E-state index contributed by atoms with van der Waals surface area (Å²) in [6.45, 7) is 1.80. The minimum Gasteiger partial charge on any atom is -0.478 e. The predicted molar refractivity (Wildman–Crippen MR) is 71.5 cm³/mol. The predicted octanol–water partition coefficient (Wildman–Crippen LogP) is 3.31. The first-order chi connectivity index (χ1) is 9.02. The highest BCUT2D eigenvalue weighted by atomic mass is 79.9. The van der Waals surface area contributed by atoms with Crippen LogP contribution in [0.1, 0.15) is 23.0 Å². The molecule has 6 heteroatoms. The van der Waals surface area contributed by atoms with Crippen LogP contribution in [-0.4, -0.2) is 21.0 Å². The smallest absolute Gasteiger partial charge is 0.339 e. The molecule has 0 saturated heterocycles. The molecule has 19 heavy (non-hydrogen) atoms. The monoisotopic (exact) mass is 324 g/mol. The molecule has 1 aromatic heterocycles. The van der Waals surface area contributed by atoms with E-state index < -0.39 is 11.8 Å². The Kier molecular flexibility index (Phi) is 3.90. The van der Waals surface area contributed by atoms with Gasteiger partial charge in [0.25, 0.3) is 0 Å². The van der Waals surface area contributed by atoms with E-state index >= 15 is 0 Å². The number of aromatic carboxylic acids is 1. The summed E-state index contributed by atoms with van der Waals surface area (Å²) >= 11 is 3.30. The highest BCUT2D eigenvalue weighted by Gasteiger charge is 2.14. The number of benzene rings is 1. The molecular weight excluding hydrogens is 315 g/mol. The fourth-order valence-corrected chi connectivity index (χ4v) is 2.09. The van der Waals surface area contributed by atoms with Crippen molar-refractivity contribution in [2.75, 3.05) is 0 Å². The molecule has 1 N–H and O–H groups in total. The average Bonchev–Trinajstić information content (AvgIpc) is 2.40. The number of hydrogen-bond donors (Lipinski definition) is 1. The molecule has 4 nitrogen and oxygen atoms in total. The number of hydrogen-bond acceptors (Lipinski definition) is 3. The first-order valence-corrected chi connectivity index (χ1v) is 6.37. The zero-order valence-electron chi connectivity index (χ0n) is 10.0. The summed E-state index contributed by atoms with van der Waals surface area (Å²) < 4.78 is 13.9. The summed E-state index contributed by atoms with van der Waals surface area (Å²) in [5.41, 5.74) is 0.985. The third-order valence-electron chi connectivity index (χ3n) is 2.60. The SMILES string of the molecule is CCc1nc(-c2cc(F)ccc2Br)ncc1C(=O)O. The Hall–Kier alpha value is -1.82. The molecule has 0 radical (unpaired) electrons. The van der Waals surface area contributed by atoms with Crippen LogP contribution in [0.3, 0.4) is 0 Å². The van der Waals surface area contributed by atoms with E-state index in [2.05, 4.69) is 25.9 Å². The number of halogens is 2. The van der Waals surface area contributed by atoms with Gasteiger partial charge in [0.1, 0.15) is 5.82 Å². The van der Waals surface area contributed by atoms with Gasteiger partial charge in [-0.1, -0.05) is 22.9 Å². The molecule has 0 aliphatic heterocycles. The molecule has 0 spiro atoms. The number of carboxylic acid groups (broad SMARTS) is 1. The molecule has 0 aliphatic rings. The maximum Gasteiger partial charge on any atom is 0.339 e. The van der Waals surface area contributed by atoms with Crippen molar-refractivity contribution in [3.8, 4) is 11.4 Å². The molecular formula is C13H10BrFN2O2. The van der Waals surface area contributed by atoms with Gasteiger partial charge in [0.2, 0.25) is 0 Å². The number of rotatable bonds is 3. The van der Waals surface area contributed by atoms with Gasteiger partial charge in [0.05, 0.1) is 11.3 Å². The van der Waals surface area contributed by atoms with E-state index in [1.807, 2.05) is 0 Å². The molecule has 1 heterocycles. The summed E-state index contributed by atoms with van der Waals surface area (Å²) in [4.78, 5) is 19.2. The summed E-state index contributed by atoms with van der Waals surface area (Å²) in [5.74, 6) is -1.17. The summed E-state index contributed by atoms with van der Waals surface area (Å²) in [6.07, 6.45) is 1.71. The zero-order valence-corrected chi connectivity index (χ0v) is 11.6. The maximum atomic E-state index is 13.3. The molecule has 0 bridgehead atoms. The Bertz CT molecular complexity index is 647. The van der Waals surface area contributed by atoms with Crippen LogP contribution in [0, 0.1) is 5.82 Å². The minimum absolute atomic E-state index is 0.0683. The summed E-state index contributed by atoms with van der Waals surface area (Å²) in [6, 6.07) is 4.18. The Morgan fingerprint density at radius 1 is 1.47 bits per heavy atom. The molecule has 0 atom stereocenters. The zero-order chi connectivity index (χ0) is 14.0. The van der Waals surface area contributed by atoms with Crippen molar-refractivity contribution in [3.05, 3.63) is 45.9 Å². The van der Waals surface area contributed by atoms with Gasteiger partial charge in [0, 0.05) is 16.2 Å². The van der Waals surface area contributed by atoms with Crippen LogP contribution in [-0.2, 0) is 6.42 Å². The summed E-state index contributed by atoms with van der Waals surface area (Å²) in [7, 11) is 0. The average molecular weight is 325 g/mol. The molecule has 2 rings (SSSR count). The molecule has 0 unspecified atom stereocenters. The first-order valence-electron chi connectivity index (χ1n) is 5.57. The van der Waals surface area contributed by atoms with Crippen molar-refractivity contribution in [1.29, 1.82) is 0 Å². The Balaban J connectivity index is 2.57. The van der Waals surface area contributed by atoms with Gasteiger partial charge in [-0.05, 0) is 24.6 Å². The van der Waals surface area contributed by atoms with Gasteiger partial charge >= 0.3 is 5.97 Å². The lowest BCUT2D eigenvalue weighted by atomic mass is 10.1. The lowest BCUT2D eigenvalue weighted by Crippen LogP contribution is -2.07. The second-order valence-corrected chi connectivity index (χ2v) is 4.69. The lowest BCUT2D eigenvalue weighted by Gasteiger charge is -2.07.